The lowest BCUT2D eigenvalue weighted by atomic mass is 10.1. The molecule has 0 saturated heterocycles. The van der Waals surface area contributed by atoms with E-state index in [1.165, 1.54) is 36.4 Å². The Morgan fingerprint density at radius 3 is 2.70 bits per heavy atom. The van der Waals surface area contributed by atoms with Gasteiger partial charge in [-0.3, -0.25) is 8.98 Å². The zero-order valence-electron chi connectivity index (χ0n) is 14.2. The van der Waals surface area contributed by atoms with Crippen molar-refractivity contribution in [3.8, 4) is 0 Å². The predicted octanol–water partition coefficient (Wildman–Crippen LogP) is 2.12. The summed E-state index contributed by atoms with van der Waals surface area (Å²) in [5.41, 5.74) is 0.871. The molecule has 2 heterocycles. The Kier molecular flexibility index (Phi) is 4.68. The fourth-order valence-corrected chi connectivity index (χ4v) is 3.00. The van der Waals surface area contributed by atoms with Crippen LogP contribution in [0.2, 0.25) is 0 Å². The molecule has 1 N–H and O–H groups in total. The van der Waals surface area contributed by atoms with Crippen LogP contribution in [0.15, 0.2) is 56.6 Å². The second-order valence-electron chi connectivity index (χ2n) is 5.49. The van der Waals surface area contributed by atoms with Crippen LogP contribution < -0.4 is 5.01 Å². The van der Waals surface area contributed by atoms with Crippen molar-refractivity contribution < 1.29 is 31.7 Å². The number of hydrogen-bond donors (Lipinski definition) is 1. The molecule has 140 valence electrons. The highest BCUT2D eigenvalue weighted by molar-refractivity contribution is 7.86. The molecule has 27 heavy (non-hydrogen) atoms. The van der Waals surface area contributed by atoms with Gasteiger partial charge in [0.1, 0.15) is 5.76 Å². The molecule has 2 aromatic rings. The van der Waals surface area contributed by atoms with Gasteiger partial charge in [-0.1, -0.05) is 6.07 Å². The molecule has 1 aromatic heterocycles. The van der Waals surface area contributed by atoms with Crippen molar-refractivity contribution in [2.24, 2.45) is 5.10 Å². The molecule has 1 amide bonds. The fourth-order valence-electron chi connectivity index (χ4n) is 2.40. The van der Waals surface area contributed by atoms with Crippen molar-refractivity contribution in [2.45, 2.75) is 12.0 Å². The van der Waals surface area contributed by atoms with Crippen LogP contribution in [0.4, 0.5) is 5.69 Å². The summed E-state index contributed by atoms with van der Waals surface area (Å²) >= 11 is 0. The Hall–Kier alpha value is -3.24. The number of carboxylic acid groups (broad SMARTS) is 1. The van der Waals surface area contributed by atoms with Crippen LogP contribution >= 0.6 is 0 Å². The van der Waals surface area contributed by atoms with Crippen molar-refractivity contribution in [3.63, 3.8) is 0 Å². The van der Waals surface area contributed by atoms with Crippen LogP contribution in [0, 0.1) is 0 Å². The van der Waals surface area contributed by atoms with Crippen molar-refractivity contribution in [1.29, 1.82) is 0 Å². The molecule has 0 saturated carbocycles. The van der Waals surface area contributed by atoms with E-state index in [4.69, 9.17) is 9.52 Å². The minimum Gasteiger partial charge on any atom is -0.478 e. The first-order chi connectivity index (χ1) is 12.7. The Labute approximate surface area is 154 Å². The fraction of sp³-hybridized carbons (Fsp3) is 0.118. The topological polar surface area (TPSA) is 126 Å². The molecule has 3 rings (SSSR count). The van der Waals surface area contributed by atoms with Crippen molar-refractivity contribution in [1.82, 2.24) is 0 Å². The van der Waals surface area contributed by atoms with E-state index in [2.05, 4.69) is 9.28 Å². The quantitative estimate of drug-likeness (QED) is 0.612. The van der Waals surface area contributed by atoms with Gasteiger partial charge in [-0.05, 0) is 43.3 Å². The molecule has 0 spiro atoms. The Morgan fingerprint density at radius 2 is 2.04 bits per heavy atom. The zero-order chi connectivity index (χ0) is 19.8. The number of carbonyl (C=O) groups excluding carboxylic acids is 1. The van der Waals surface area contributed by atoms with E-state index >= 15 is 0 Å². The Morgan fingerprint density at radius 1 is 1.30 bits per heavy atom. The maximum absolute atomic E-state index is 12.7. The van der Waals surface area contributed by atoms with Crippen LogP contribution in [-0.2, 0) is 19.1 Å². The third-order valence-corrected chi connectivity index (χ3v) is 4.91. The number of hydrogen-bond acceptors (Lipinski definition) is 7. The Bertz CT molecular complexity index is 1100. The number of anilines is 1. The number of carboxylic acids is 1. The lowest BCUT2D eigenvalue weighted by molar-refractivity contribution is -0.114. The molecule has 0 unspecified atom stereocenters. The standard InChI is InChI=1S/C17H14N2O7S/c1-10-14(9-13-6-7-15(26-13)27(23,24)25-2)16(20)19(18-10)12-5-3-4-11(8-12)17(21)22/h3-9H,1-2H3,(H,21,22)/b14-9-. The highest BCUT2D eigenvalue weighted by atomic mass is 32.2. The predicted molar refractivity (Wildman–Crippen MR) is 94.9 cm³/mol. The third-order valence-electron chi connectivity index (χ3n) is 3.75. The summed E-state index contributed by atoms with van der Waals surface area (Å²) in [5.74, 6) is -1.49. The number of amides is 1. The van der Waals surface area contributed by atoms with E-state index in [1.807, 2.05) is 0 Å². The maximum atomic E-state index is 12.7. The molecule has 0 aliphatic carbocycles. The highest BCUT2D eigenvalue weighted by Gasteiger charge is 2.29. The molecule has 0 atom stereocenters. The van der Waals surface area contributed by atoms with Crippen LogP contribution in [0.1, 0.15) is 23.0 Å². The molecule has 1 aliphatic heterocycles. The first kappa shape index (κ1) is 18.5. The Balaban J connectivity index is 1.93. The molecular weight excluding hydrogens is 376 g/mol. The van der Waals surface area contributed by atoms with Gasteiger partial charge in [0.25, 0.3) is 5.91 Å². The van der Waals surface area contributed by atoms with E-state index in [0.717, 1.165) is 12.1 Å². The third kappa shape index (κ3) is 3.52. The van der Waals surface area contributed by atoms with Gasteiger partial charge in [-0.2, -0.15) is 18.5 Å². The van der Waals surface area contributed by atoms with E-state index < -0.39 is 22.0 Å². The second kappa shape index (κ2) is 6.82. The summed E-state index contributed by atoms with van der Waals surface area (Å²) in [7, 11) is -2.97. The molecule has 1 aliphatic rings. The summed E-state index contributed by atoms with van der Waals surface area (Å²) in [6, 6.07) is 8.39. The summed E-state index contributed by atoms with van der Waals surface area (Å²) in [5, 5.41) is 13.9. The van der Waals surface area contributed by atoms with E-state index in [9.17, 15) is 18.0 Å². The smallest absolute Gasteiger partial charge is 0.335 e. The van der Waals surface area contributed by atoms with Gasteiger partial charge in [0, 0.05) is 0 Å². The number of benzene rings is 1. The summed E-state index contributed by atoms with van der Waals surface area (Å²) in [6.07, 6.45) is 1.36. The van der Waals surface area contributed by atoms with Crippen LogP contribution in [0.5, 0.6) is 0 Å². The lowest BCUT2D eigenvalue weighted by Gasteiger charge is -2.12. The molecule has 0 radical (unpaired) electrons. The number of hydrazone groups is 1. The molecule has 1 aromatic carbocycles. The monoisotopic (exact) mass is 390 g/mol. The second-order valence-corrected chi connectivity index (χ2v) is 7.14. The summed E-state index contributed by atoms with van der Waals surface area (Å²) in [6.45, 7) is 1.60. The van der Waals surface area contributed by atoms with Crippen molar-refractivity contribution in [2.75, 3.05) is 12.1 Å². The first-order valence-corrected chi connectivity index (χ1v) is 8.99. The normalized spacial score (nSPS) is 16.1. The summed E-state index contributed by atoms with van der Waals surface area (Å²) < 4.78 is 32.8. The van der Waals surface area contributed by atoms with Gasteiger partial charge in [0.05, 0.1) is 29.6 Å². The number of furan rings is 1. The first-order valence-electron chi connectivity index (χ1n) is 7.58. The van der Waals surface area contributed by atoms with E-state index in [1.54, 1.807) is 13.0 Å². The van der Waals surface area contributed by atoms with E-state index in [-0.39, 0.29) is 22.0 Å². The van der Waals surface area contributed by atoms with Gasteiger partial charge >= 0.3 is 16.1 Å². The molecule has 0 bridgehead atoms. The molecule has 0 fully saturated rings. The van der Waals surface area contributed by atoms with Crippen LogP contribution in [0.3, 0.4) is 0 Å². The van der Waals surface area contributed by atoms with Gasteiger partial charge in [0.15, 0.2) is 0 Å². The zero-order valence-corrected chi connectivity index (χ0v) is 15.1. The molecular formula is C17H14N2O7S. The molecule has 10 heteroatoms. The number of rotatable bonds is 5. The van der Waals surface area contributed by atoms with Crippen molar-refractivity contribution >= 4 is 39.5 Å². The SMILES string of the molecule is COS(=O)(=O)c1ccc(/C=C2\C(=O)N(c3cccc(C(=O)O)c3)N=C2C)o1. The minimum atomic E-state index is -3.98. The van der Waals surface area contributed by atoms with Crippen LogP contribution in [0.25, 0.3) is 6.08 Å². The van der Waals surface area contributed by atoms with Crippen LogP contribution in [-0.4, -0.2) is 38.2 Å². The van der Waals surface area contributed by atoms with Gasteiger partial charge in [-0.15, -0.1) is 0 Å². The highest BCUT2D eigenvalue weighted by Crippen LogP contribution is 2.26. The lowest BCUT2D eigenvalue weighted by Crippen LogP contribution is -2.21. The average Bonchev–Trinajstić information content (AvgIpc) is 3.23. The van der Waals surface area contributed by atoms with Crippen molar-refractivity contribution in [3.05, 3.63) is 53.3 Å². The average molecular weight is 390 g/mol. The number of nitrogens with zero attached hydrogens (tertiary/aromatic N) is 2. The van der Waals surface area contributed by atoms with Gasteiger partial charge in [0.2, 0.25) is 5.09 Å². The number of carbonyl (C=O) groups is 2. The number of aromatic carboxylic acids is 1. The minimum absolute atomic E-state index is 0.0195. The van der Waals surface area contributed by atoms with E-state index in [0.29, 0.717) is 11.4 Å². The largest absolute Gasteiger partial charge is 0.478 e. The summed E-state index contributed by atoms with van der Waals surface area (Å²) in [4.78, 5) is 23.8. The van der Waals surface area contributed by atoms with Gasteiger partial charge in [-0.25, -0.2) is 4.79 Å². The molecule has 9 nitrogen and oxygen atoms in total. The maximum Gasteiger partial charge on any atom is 0.335 e. The van der Waals surface area contributed by atoms with Gasteiger partial charge < -0.3 is 9.52 Å².